The highest BCUT2D eigenvalue weighted by Crippen LogP contribution is 2.54. The number of allylic oxidation sites excluding steroid dienone is 5. The van der Waals surface area contributed by atoms with Crippen molar-refractivity contribution < 1.29 is 43.5 Å². The first-order valence-electron chi connectivity index (χ1n) is 16.2. The highest BCUT2D eigenvalue weighted by molar-refractivity contribution is 5.99. The molecule has 0 bridgehead atoms. The van der Waals surface area contributed by atoms with Gasteiger partial charge in [-0.1, -0.05) is 38.2 Å². The fourth-order valence-electron chi connectivity index (χ4n) is 8.18. The summed E-state index contributed by atoms with van der Waals surface area (Å²) in [5.41, 5.74) is 0.655. The highest BCUT2D eigenvalue weighted by atomic mass is 16.7. The Morgan fingerprint density at radius 2 is 1.79 bits per heavy atom. The number of hydrogen-bond donors (Lipinski definition) is 2. The van der Waals surface area contributed by atoms with Crippen LogP contribution >= 0.6 is 0 Å². The predicted molar refractivity (Wildman–Crippen MR) is 159 cm³/mol. The SMILES string of the molecule is CC/C=C/[C@H]1CCC[C@H](O)[C@@H](C)C(=O)C2=C[C@@H]3[C@@H](C=C[C@@H]4C[C@@H](O[C@@H]5O[C@@H](C)[C@H](OC)[C@@H](OC)[C@H]5O)C[C@@H]34)[C@@H]2CC(=O)O1. The van der Waals surface area contributed by atoms with Crippen LogP contribution in [-0.4, -0.2) is 85.2 Å². The number of aliphatic hydroxyl groups is 2. The second-order valence-electron chi connectivity index (χ2n) is 13.1. The van der Waals surface area contributed by atoms with Gasteiger partial charge in [-0.3, -0.25) is 9.59 Å². The van der Waals surface area contributed by atoms with Gasteiger partial charge >= 0.3 is 5.97 Å². The molecule has 1 saturated carbocycles. The molecule has 14 atom stereocenters. The number of hydrogen-bond acceptors (Lipinski definition) is 9. The average Bonchev–Trinajstić information content (AvgIpc) is 3.56. The molecule has 5 aliphatic rings. The molecular formula is C34H50O9. The second kappa shape index (κ2) is 14.0. The summed E-state index contributed by atoms with van der Waals surface area (Å²) < 4.78 is 29.4. The van der Waals surface area contributed by atoms with Gasteiger partial charge < -0.3 is 33.9 Å². The number of ether oxygens (including phenoxy) is 5. The lowest BCUT2D eigenvalue weighted by Gasteiger charge is -2.42. The summed E-state index contributed by atoms with van der Waals surface area (Å²) in [4.78, 5) is 27.1. The quantitative estimate of drug-likeness (QED) is 0.344. The van der Waals surface area contributed by atoms with E-state index in [0.29, 0.717) is 24.8 Å². The Morgan fingerprint density at radius 1 is 1.02 bits per heavy atom. The minimum atomic E-state index is -0.991. The van der Waals surface area contributed by atoms with E-state index in [4.69, 9.17) is 23.7 Å². The van der Waals surface area contributed by atoms with Crippen molar-refractivity contribution in [1.82, 2.24) is 0 Å². The van der Waals surface area contributed by atoms with E-state index in [1.165, 1.54) is 0 Å². The van der Waals surface area contributed by atoms with Crippen molar-refractivity contribution >= 4 is 11.8 Å². The predicted octanol–water partition coefficient (Wildman–Crippen LogP) is 3.91. The van der Waals surface area contributed by atoms with Crippen LogP contribution in [0.4, 0.5) is 0 Å². The fraction of sp³-hybridized carbons (Fsp3) is 0.765. The minimum absolute atomic E-state index is 0.000272. The molecule has 0 spiro atoms. The average molecular weight is 603 g/mol. The van der Waals surface area contributed by atoms with E-state index in [9.17, 15) is 19.8 Å². The Balaban J connectivity index is 1.33. The Kier molecular flexibility index (Phi) is 10.6. The minimum Gasteiger partial charge on any atom is -0.458 e. The molecule has 5 rings (SSSR count). The van der Waals surface area contributed by atoms with Gasteiger partial charge in [-0.25, -0.2) is 0 Å². The molecule has 3 aliphatic carbocycles. The van der Waals surface area contributed by atoms with Crippen LogP contribution in [0.25, 0.3) is 0 Å². The van der Waals surface area contributed by atoms with E-state index < -0.39 is 36.6 Å². The topological polar surface area (TPSA) is 121 Å². The molecule has 2 aliphatic heterocycles. The highest BCUT2D eigenvalue weighted by Gasteiger charge is 2.52. The zero-order chi connectivity index (χ0) is 30.8. The Morgan fingerprint density at radius 3 is 2.51 bits per heavy atom. The van der Waals surface area contributed by atoms with Crippen molar-refractivity contribution in [2.24, 2.45) is 35.5 Å². The van der Waals surface area contributed by atoms with Gasteiger partial charge in [-0.05, 0) is 80.8 Å². The normalized spacial score (nSPS) is 45.5. The first-order chi connectivity index (χ1) is 20.7. The number of Topliss-reactive ketones (excluding diaryl/α,β-unsaturated/α-hetero) is 1. The molecule has 240 valence electrons. The molecule has 0 unspecified atom stereocenters. The van der Waals surface area contributed by atoms with Crippen molar-refractivity contribution in [3.8, 4) is 0 Å². The van der Waals surface area contributed by atoms with Gasteiger partial charge in [-0.2, -0.15) is 0 Å². The first-order valence-corrected chi connectivity index (χ1v) is 16.2. The third-order valence-corrected chi connectivity index (χ3v) is 10.5. The van der Waals surface area contributed by atoms with Gasteiger partial charge in [0.25, 0.3) is 0 Å². The Labute approximate surface area is 255 Å². The van der Waals surface area contributed by atoms with E-state index in [0.717, 1.165) is 19.3 Å². The number of cyclic esters (lactones) is 1. The van der Waals surface area contributed by atoms with Gasteiger partial charge in [0.05, 0.1) is 24.7 Å². The summed E-state index contributed by atoms with van der Waals surface area (Å²) in [5.74, 6) is -0.623. The lowest BCUT2D eigenvalue weighted by atomic mass is 9.70. The Hall–Kier alpha value is -1.88. The van der Waals surface area contributed by atoms with Gasteiger partial charge in [0.1, 0.15) is 24.4 Å². The van der Waals surface area contributed by atoms with Gasteiger partial charge in [-0.15, -0.1) is 0 Å². The molecular weight excluding hydrogens is 552 g/mol. The summed E-state index contributed by atoms with van der Waals surface area (Å²) in [6.07, 6.45) is 10.4. The van der Waals surface area contributed by atoms with Crippen molar-refractivity contribution in [3.05, 3.63) is 36.0 Å². The van der Waals surface area contributed by atoms with Gasteiger partial charge in [0.2, 0.25) is 0 Å². The fourth-order valence-corrected chi connectivity index (χ4v) is 8.18. The number of aliphatic hydroxyl groups excluding tert-OH is 2. The molecule has 9 heteroatoms. The molecule has 0 aromatic rings. The van der Waals surface area contributed by atoms with Gasteiger partial charge in [0.15, 0.2) is 12.1 Å². The second-order valence-corrected chi connectivity index (χ2v) is 13.1. The molecule has 9 nitrogen and oxygen atoms in total. The first kappa shape index (κ1) is 32.5. The number of ketones is 1. The lowest BCUT2D eigenvalue weighted by molar-refractivity contribution is -0.310. The van der Waals surface area contributed by atoms with Crippen molar-refractivity contribution in [1.29, 1.82) is 0 Å². The number of methoxy groups -OCH3 is 2. The van der Waals surface area contributed by atoms with Crippen molar-refractivity contribution in [2.45, 2.75) is 115 Å². The molecule has 3 fully saturated rings. The zero-order valence-electron chi connectivity index (χ0n) is 26.2. The van der Waals surface area contributed by atoms with Crippen molar-refractivity contribution in [3.63, 3.8) is 0 Å². The molecule has 0 aromatic heterocycles. The van der Waals surface area contributed by atoms with E-state index in [1.54, 1.807) is 21.1 Å². The third kappa shape index (κ3) is 6.72. The number of fused-ring (bicyclic) bond motifs is 5. The van der Waals surface area contributed by atoms with Gasteiger partial charge in [0, 0.05) is 26.1 Å². The van der Waals surface area contributed by atoms with Crippen LogP contribution in [0.2, 0.25) is 0 Å². The van der Waals surface area contributed by atoms with Crippen molar-refractivity contribution in [2.75, 3.05) is 14.2 Å². The third-order valence-electron chi connectivity index (χ3n) is 10.5. The molecule has 0 radical (unpaired) electrons. The smallest absolute Gasteiger partial charge is 0.307 e. The molecule has 43 heavy (non-hydrogen) atoms. The van der Waals surface area contributed by atoms with Crippen LogP contribution in [0.3, 0.4) is 0 Å². The summed E-state index contributed by atoms with van der Waals surface area (Å²) in [6.45, 7) is 5.74. The monoisotopic (exact) mass is 602 g/mol. The molecule has 2 saturated heterocycles. The van der Waals surface area contributed by atoms with E-state index in [2.05, 4.69) is 18.2 Å². The van der Waals surface area contributed by atoms with E-state index in [-0.39, 0.29) is 66.1 Å². The number of esters is 1. The molecule has 2 N–H and O–H groups in total. The number of carbonyl (C=O) groups is 2. The molecule has 0 aromatic carbocycles. The van der Waals surface area contributed by atoms with Crippen LogP contribution in [0, 0.1) is 35.5 Å². The maximum atomic E-state index is 13.8. The van der Waals surface area contributed by atoms with Crippen LogP contribution in [0.5, 0.6) is 0 Å². The van der Waals surface area contributed by atoms with E-state index >= 15 is 0 Å². The zero-order valence-corrected chi connectivity index (χ0v) is 26.2. The lowest BCUT2D eigenvalue weighted by Crippen LogP contribution is -2.59. The molecule has 2 heterocycles. The van der Waals surface area contributed by atoms with E-state index in [1.807, 2.05) is 26.0 Å². The van der Waals surface area contributed by atoms with Crippen LogP contribution in [0.1, 0.15) is 65.7 Å². The van der Waals surface area contributed by atoms with Crippen LogP contribution in [-0.2, 0) is 33.3 Å². The van der Waals surface area contributed by atoms with Crippen LogP contribution in [0.15, 0.2) is 36.0 Å². The summed E-state index contributed by atoms with van der Waals surface area (Å²) in [7, 11) is 3.13. The number of rotatable bonds is 6. The summed E-state index contributed by atoms with van der Waals surface area (Å²) in [6, 6.07) is 0. The standard InChI is InChI=1S/C34H50O9/c1-6-7-9-21-10-8-11-28(35)18(2)30(37)27-16-25-23(26(27)17-29(36)42-21)13-12-20-14-22(15-24(20)25)43-34-31(38)33(40-5)32(39-4)19(3)41-34/h7,9,12-13,16,18-26,28,31-35,38H,6,8,10-11,14-15,17H2,1-5H3/b9-7+/t18-,19+,20-,21+,22-,23-,24-,25-,26+,28+,31-,32+,33+,34+/m1/s1. The van der Waals surface area contributed by atoms with Crippen LogP contribution < -0.4 is 0 Å². The summed E-state index contributed by atoms with van der Waals surface area (Å²) in [5, 5.41) is 21.9. The largest absolute Gasteiger partial charge is 0.458 e. The number of carbonyl (C=O) groups excluding carboxylic acids is 2. The maximum Gasteiger partial charge on any atom is 0.307 e. The maximum absolute atomic E-state index is 13.8. The Bertz CT molecular complexity index is 1080. The molecule has 0 amide bonds. The summed E-state index contributed by atoms with van der Waals surface area (Å²) >= 11 is 0.